The lowest BCUT2D eigenvalue weighted by Gasteiger charge is -2.22. The van der Waals surface area contributed by atoms with Crippen LogP contribution in [0.2, 0.25) is 0 Å². The van der Waals surface area contributed by atoms with Crippen LogP contribution >= 0.6 is 0 Å². The minimum Gasteiger partial charge on any atom is -0.478 e. The summed E-state index contributed by atoms with van der Waals surface area (Å²) in [5, 5.41) is 9.79. The molecule has 36 heavy (non-hydrogen) atoms. The summed E-state index contributed by atoms with van der Waals surface area (Å²) in [5.74, 6) is 1.34. The van der Waals surface area contributed by atoms with Crippen LogP contribution in [0.15, 0.2) is 72.0 Å². The van der Waals surface area contributed by atoms with Crippen molar-refractivity contribution in [2.75, 3.05) is 6.61 Å². The Labute approximate surface area is 209 Å². The molecule has 0 amide bonds. The Hall–Kier alpha value is -2.90. The number of nitrogens with zero attached hydrogens (tertiary/aromatic N) is 1. The first kappa shape index (κ1) is 24.8. The van der Waals surface area contributed by atoms with Crippen molar-refractivity contribution in [1.29, 1.82) is 0 Å². The van der Waals surface area contributed by atoms with Gasteiger partial charge in [-0.05, 0) is 78.5 Å². The molecule has 4 nitrogen and oxygen atoms in total. The number of aliphatic hydroxyl groups is 1. The van der Waals surface area contributed by atoms with Gasteiger partial charge in [0.05, 0.1) is 24.4 Å². The Balaban J connectivity index is 1.31. The molecule has 1 heterocycles. The lowest BCUT2D eigenvalue weighted by Crippen LogP contribution is -2.22. The van der Waals surface area contributed by atoms with Crippen LogP contribution in [0.5, 0.6) is 5.88 Å². The zero-order valence-corrected chi connectivity index (χ0v) is 20.4. The zero-order chi connectivity index (χ0) is 25.7. The van der Waals surface area contributed by atoms with Gasteiger partial charge in [0, 0.05) is 24.2 Å². The Kier molecular flexibility index (Phi) is 6.33. The van der Waals surface area contributed by atoms with E-state index < -0.39 is 17.3 Å². The van der Waals surface area contributed by atoms with E-state index in [1.807, 2.05) is 6.07 Å². The van der Waals surface area contributed by atoms with E-state index in [4.69, 9.17) is 9.47 Å². The van der Waals surface area contributed by atoms with Gasteiger partial charge in [0.15, 0.2) is 0 Å². The molecule has 1 N–H and O–H groups in total. The lowest BCUT2D eigenvalue weighted by atomic mass is 9.92. The van der Waals surface area contributed by atoms with Crippen molar-refractivity contribution >= 4 is 0 Å². The van der Waals surface area contributed by atoms with Gasteiger partial charge in [-0.25, -0.2) is 4.98 Å². The second kappa shape index (κ2) is 9.20. The molecule has 3 aliphatic rings. The van der Waals surface area contributed by atoms with Gasteiger partial charge in [-0.3, -0.25) is 0 Å². The smallest absolute Gasteiger partial charge is 0.417 e. The maximum Gasteiger partial charge on any atom is 0.417 e. The number of ether oxygens (including phenoxy) is 2. The number of alkyl halides is 3. The molecular formula is C29H30F3NO3. The van der Waals surface area contributed by atoms with Crippen molar-refractivity contribution in [3.63, 3.8) is 0 Å². The predicted octanol–water partition coefficient (Wildman–Crippen LogP) is 6.65. The fourth-order valence-corrected chi connectivity index (χ4v) is 4.98. The first-order chi connectivity index (χ1) is 17.0. The Morgan fingerprint density at radius 3 is 2.75 bits per heavy atom. The van der Waals surface area contributed by atoms with Crippen LogP contribution in [0.1, 0.15) is 44.2 Å². The highest BCUT2D eigenvalue weighted by Gasteiger charge is 2.48. The third-order valence-electron chi connectivity index (χ3n) is 7.05. The summed E-state index contributed by atoms with van der Waals surface area (Å²) in [6.07, 6.45) is 3.32. The van der Waals surface area contributed by atoms with Gasteiger partial charge in [0.2, 0.25) is 5.88 Å². The average molecular weight is 498 g/mol. The van der Waals surface area contributed by atoms with E-state index >= 15 is 0 Å². The monoisotopic (exact) mass is 497 g/mol. The van der Waals surface area contributed by atoms with Crippen LogP contribution in [0.3, 0.4) is 0 Å². The first-order valence-electron chi connectivity index (χ1n) is 12.2. The van der Waals surface area contributed by atoms with E-state index in [2.05, 4.69) is 23.7 Å². The van der Waals surface area contributed by atoms with Crippen LogP contribution in [-0.4, -0.2) is 28.4 Å². The molecule has 0 saturated heterocycles. The SMILES string of the molecule is C=C1C=C2C(=CC1OCc1cccc(-c3cnc(OCCC(C)(C)O)cc3C(F)(F)F)c1)C[C@H]1C[C@@H]21. The summed E-state index contributed by atoms with van der Waals surface area (Å²) in [6, 6.07) is 7.80. The van der Waals surface area contributed by atoms with Crippen LogP contribution in [0.4, 0.5) is 13.2 Å². The minimum atomic E-state index is -4.59. The molecule has 1 aromatic carbocycles. The van der Waals surface area contributed by atoms with Crippen molar-refractivity contribution < 1.29 is 27.8 Å². The number of hydrogen-bond donors (Lipinski definition) is 1. The summed E-state index contributed by atoms with van der Waals surface area (Å²) in [6.45, 7) is 7.69. The quantitative estimate of drug-likeness (QED) is 0.443. The zero-order valence-electron chi connectivity index (χ0n) is 20.4. The molecule has 1 unspecified atom stereocenters. The predicted molar refractivity (Wildman–Crippen MR) is 131 cm³/mol. The Morgan fingerprint density at radius 1 is 1.19 bits per heavy atom. The number of rotatable bonds is 8. The van der Waals surface area contributed by atoms with Gasteiger partial charge < -0.3 is 14.6 Å². The maximum atomic E-state index is 13.9. The topological polar surface area (TPSA) is 51.6 Å². The molecule has 2 aromatic rings. The molecule has 0 spiro atoms. The molecular weight excluding hydrogens is 467 g/mol. The van der Waals surface area contributed by atoms with Crippen molar-refractivity contribution in [1.82, 2.24) is 4.98 Å². The normalized spacial score (nSPS) is 23.1. The number of benzene rings is 1. The standard InChI is InChI=1S/C29H30F3NO3/c1-17-9-22-21(11-20-12-23(20)22)13-26(17)36-16-18-5-4-6-19(10-18)24-15-33-27(14-25(24)29(30,31)32)35-8-7-28(2,3)34/h4-6,9-10,13-15,20,23,26,34H,1,7-8,11-12,16H2,2-3H3/t20-,23+,26?/m0/s1. The molecule has 3 aliphatic carbocycles. The molecule has 2 saturated carbocycles. The van der Waals surface area contributed by atoms with Gasteiger partial charge in [-0.15, -0.1) is 0 Å². The van der Waals surface area contributed by atoms with Gasteiger partial charge in [-0.2, -0.15) is 13.2 Å². The average Bonchev–Trinajstić information content (AvgIpc) is 3.49. The van der Waals surface area contributed by atoms with Gasteiger partial charge in [0.25, 0.3) is 0 Å². The summed E-state index contributed by atoms with van der Waals surface area (Å²) in [5.41, 5.74) is 3.02. The Bertz CT molecular complexity index is 1240. The minimum absolute atomic E-state index is 0.0267. The van der Waals surface area contributed by atoms with Crippen molar-refractivity contribution in [3.8, 4) is 17.0 Å². The lowest BCUT2D eigenvalue weighted by molar-refractivity contribution is -0.137. The van der Waals surface area contributed by atoms with Gasteiger partial charge in [-0.1, -0.05) is 30.9 Å². The molecule has 0 bridgehead atoms. The first-order valence-corrected chi connectivity index (χ1v) is 12.2. The number of hydrogen-bond acceptors (Lipinski definition) is 4. The number of aromatic nitrogens is 1. The second-order valence-corrected chi connectivity index (χ2v) is 10.6. The van der Waals surface area contributed by atoms with E-state index in [-0.39, 0.29) is 37.2 Å². The van der Waals surface area contributed by atoms with E-state index in [1.165, 1.54) is 23.8 Å². The van der Waals surface area contributed by atoms with Crippen molar-refractivity contribution in [2.24, 2.45) is 11.8 Å². The largest absolute Gasteiger partial charge is 0.478 e. The number of pyridine rings is 1. The number of halogens is 3. The second-order valence-electron chi connectivity index (χ2n) is 10.6. The Morgan fingerprint density at radius 2 is 2.00 bits per heavy atom. The van der Waals surface area contributed by atoms with E-state index in [0.717, 1.165) is 29.5 Å². The number of fused-ring (bicyclic) bond motifs is 3. The fraction of sp³-hybridized carbons (Fsp3) is 0.414. The van der Waals surface area contributed by atoms with Crippen LogP contribution < -0.4 is 4.74 Å². The summed E-state index contributed by atoms with van der Waals surface area (Å²) >= 11 is 0. The highest BCUT2D eigenvalue weighted by atomic mass is 19.4. The van der Waals surface area contributed by atoms with Crippen LogP contribution in [0.25, 0.3) is 11.1 Å². The summed E-state index contributed by atoms with van der Waals surface area (Å²) in [4.78, 5) is 4.09. The number of allylic oxidation sites excluding steroid dienone is 2. The highest BCUT2D eigenvalue weighted by molar-refractivity contribution is 5.68. The van der Waals surface area contributed by atoms with Crippen molar-refractivity contribution in [2.45, 2.75) is 57.6 Å². The molecule has 0 aliphatic heterocycles. The van der Waals surface area contributed by atoms with Crippen LogP contribution in [0, 0.1) is 11.8 Å². The van der Waals surface area contributed by atoms with Crippen molar-refractivity contribution in [3.05, 3.63) is 83.1 Å². The molecule has 1 aromatic heterocycles. The fourth-order valence-electron chi connectivity index (χ4n) is 4.98. The van der Waals surface area contributed by atoms with E-state index in [0.29, 0.717) is 11.5 Å². The van der Waals surface area contributed by atoms with E-state index in [1.54, 1.807) is 32.0 Å². The molecule has 2 fully saturated rings. The molecule has 190 valence electrons. The van der Waals surface area contributed by atoms with Gasteiger partial charge in [0.1, 0.15) is 6.10 Å². The summed E-state index contributed by atoms with van der Waals surface area (Å²) < 4.78 is 53.3. The highest BCUT2D eigenvalue weighted by Crippen LogP contribution is 2.59. The summed E-state index contributed by atoms with van der Waals surface area (Å²) in [7, 11) is 0. The maximum absolute atomic E-state index is 13.9. The molecule has 0 radical (unpaired) electrons. The molecule has 5 rings (SSSR count). The third kappa shape index (κ3) is 5.42. The molecule has 7 heteroatoms. The van der Waals surface area contributed by atoms with Gasteiger partial charge >= 0.3 is 6.18 Å². The molecule has 3 atom stereocenters. The van der Waals surface area contributed by atoms with E-state index in [9.17, 15) is 18.3 Å². The van der Waals surface area contributed by atoms with Crippen LogP contribution in [-0.2, 0) is 17.5 Å². The third-order valence-corrected chi connectivity index (χ3v) is 7.05.